The Labute approximate surface area is 244 Å². The number of morpholine rings is 1. The molecule has 2 saturated heterocycles. The highest BCUT2D eigenvalue weighted by molar-refractivity contribution is 5.99. The number of methoxy groups -OCH3 is 1. The van der Waals surface area contributed by atoms with Gasteiger partial charge in [-0.1, -0.05) is 19.1 Å². The summed E-state index contributed by atoms with van der Waals surface area (Å²) in [7, 11) is 3.26. The van der Waals surface area contributed by atoms with Gasteiger partial charge in [-0.05, 0) is 51.9 Å². The first-order valence-electron chi connectivity index (χ1n) is 14.7. The monoisotopic (exact) mass is 574 g/mol. The zero-order valence-electron chi connectivity index (χ0n) is 25.0. The Morgan fingerprint density at radius 3 is 2.43 bits per heavy atom. The molecule has 6 rings (SSSR count). The van der Waals surface area contributed by atoms with E-state index in [2.05, 4.69) is 16.7 Å². The topological polar surface area (TPSA) is 121 Å². The van der Waals surface area contributed by atoms with E-state index in [0.717, 1.165) is 16.9 Å². The highest BCUT2D eigenvalue weighted by Crippen LogP contribution is 2.31. The van der Waals surface area contributed by atoms with Crippen LogP contribution in [0.25, 0.3) is 28.1 Å². The summed E-state index contributed by atoms with van der Waals surface area (Å²) >= 11 is 0. The maximum Gasteiger partial charge on any atom is 0.325 e. The summed E-state index contributed by atoms with van der Waals surface area (Å²) in [5.41, 5.74) is 2.29. The second kappa shape index (κ2) is 11.1. The number of anilines is 1. The van der Waals surface area contributed by atoms with Crippen molar-refractivity contribution < 1.29 is 19.1 Å². The van der Waals surface area contributed by atoms with Crippen molar-refractivity contribution in [2.24, 2.45) is 13.0 Å². The summed E-state index contributed by atoms with van der Waals surface area (Å²) in [5, 5.41) is 0. The number of ether oxygens (including phenoxy) is 2. The predicted octanol–water partition coefficient (Wildman–Crippen LogP) is 2.95. The molecule has 0 atom stereocenters. The van der Waals surface area contributed by atoms with Crippen molar-refractivity contribution in [1.29, 1.82) is 0 Å². The van der Waals surface area contributed by atoms with Crippen molar-refractivity contribution in [3.05, 3.63) is 35.9 Å². The molecule has 2 fully saturated rings. The third kappa shape index (κ3) is 4.72. The highest BCUT2D eigenvalue weighted by atomic mass is 16.5. The number of hydrogen-bond donors (Lipinski definition) is 0. The number of likely N-dealkylation sites (tertiary alicyclic amines) is 1. The Morgan fingerprint density at radius 1 is 1.02 bits per heavy atom. The molecule has 0 amide bonds. The van der Waals surface area contributed by atoms with Crippen molar-refractivity contribution in [3.63, 3.8) is 0 Å². The maximum absolute atomic E-state index is 13.9. The summed E-state index contributed by atoms with van der Waals surface area (Å²) < 4.78 is 14.4. The molecule has 0 bridgehead atoms. The van der Waals surface area contributed by atoms with E-state index < -0.39 is 5.54 Å². The van der Waals surface area contributed by atoms with Gasteiger partial charge in [0.25, 0.3) is 0 Å². The minimum absolute atomic E-state index is 0.0113. The number of imidazole rings is 2. The Morgan fingerprint density at radius 2 is 1.74 bits per heavy atom. The lowest BCUT2D eigenvalue weighted by molar-refractivity contribution is -0.154. The Balaban J connectivity index is 1.40. The maximum atomic E-state index is 13.9. The van der Waals surface area contributed by atoms with Gasteiger partial charge < -0.3 is 18.9 Å². The van der Waals surface area contributed by atoms with Crippen LogP contribution in [0.2, 0.25) is 0 Å². The van der Waals surface area contributed by atoms with E-state index in [-0.39, 0.29) is 17.7 Å². The molecule has 1 aromatic carbocycles. The number of esters is 1. The van der Waals surface area contributed by atoms with E-state index in [0.29, 0.717) is 87.4 Å². The van der Waals surface area contributed by atoms with Gasteiger partial charge in [-0.3, -0.25) is 19.1 Å². The molecular formula is C30H38N8O4. The number of rotatable bonds is 7. The van der Waals surface area contributed by atoms with Crippen LogP contribution in [0.4, 0.5) is 5.82 Å². The van der Waals surface area contributed by atoms with Crippen LogP contribution in [-0.2, 0) is 27.7 Å². The molecule has 5 heterocycles. The second-order valence-corrected chi connectivity index (χ2v) is 11.5. The van der Waals surface area contributed by atoms with Crippen LogP contribution >= 0.6 is 0 Å². The number of Topliss-reactive ketones (excluding diaryl/α,β-unsaturated/α-hetero) is 1. The van der Waals surface area contributed by atoms with Gasteiger partial charge in [-0.2, -0.15) is 9.97 Å². The number of aryl methyl sites for hydroxylation is 2. The summed E-state index contributed by atoms with van der Waals surface area (Å²) in [6.07, 6.45) is 1.98. The van der Waals surface area contributed by atoms with E-state index in [9.17, 15) is 9.59 Å². The molecule has 0 aliphatic carbocycles. The van der Waals surface area contributed by atoms with Crippen LogP contribution in [0, 0.1) is 5.92 Å². The first kappa shape index (κ1) is 28.2. The molecule has 0 unspecified atom stereocenters. The number of fused-ring (bicyclic) bond motifs is 2. The normalized spacial score (nSPS) is 17.3. The van der Waals surface area contributed by atoms with Crippen LogP contribution < -0.4 is 4.90 Å². The van der Waals surface area contributed by atoms with Gasteiger partial charge in [0, 0.05) is 32.5 Å². The number of carbonyl (C=O) groups is 2. The van der Waals surface area contributed by atoms with Crippen LogP contribution in [0.1, 0.15) is 50.1 Å². The fourth-order valence-electron chi connectivity index (χ4n) is 6.15. The number of hydrogen-bond acceptors (Lipinski definition) is 10. The van der Waals surface area contributed by atoms with Crippen LogP contribution in [-0.4, -0.2) is 97.8 Å². The molecule has 2 aliphatic rings. The number of ketones is 1. The molecule has 42 heavy (non-hydrogen) atoms. The van der Waals surface area contributed by atoms with Gasteiger partial charge in [-0.15, -0.1) is 0 Å². The van der Waals surface area contributed by atoms with Crippen LogP contribution in [0.15, 0.2) is 24.3 Å². The fraction of sp³-hybridized carbons (Fsp3) is 0.533. The van der Waals surface area contributed by atoms with E-state index in [1.807, 2.05) is 54.3 Å². The number of carbonyl (C=O) groups excluding carboxylic acids is 2. The van der Waals surface area contributed by atoms with E-state index in [1.165, 1.54) is 7.11 Å². The average molecular weight is 575 g/mol. The molecule has 12 nitrogen and oxygen atoms in total. The molecule has 4 aromatic rings. The Bertz CT molecular complexity index is 1640. The number of piperidine rings is 1. The molecule has 12 heteroatoms. The summed E-state index contributed by atoms with van der Waals surface area (Å²) in [4.78, 5) is 50.3. The third-order valence-electron chi connectivity index (χ3n) is 8.71. The van der Waals surface area contributed by atoms with E-state index >= 15 is 0 Å². The standard InChI is InChI=1S/C30H38N8O4/c1-6-22-31-20-9-7-8-10-21(20)38(22)29-33-25-23(26(34-29)36-15-17-42-18-16-36)32-27(35(25)4)24(39)19-11-13-37(14-12-19)30(2,3)28(40)41-5/h7-10,19H,6,11-18H2,1-5H3. The van der Waals surface area contributed by atoms with Gasteiger partial charge in [0.2, 0.25) is 11.7 Å². The van der Waals surface area contributed by atoms with Crippen molar-refractivity contribution in [2.75, 3.05) is 51.4 Å². The van der Waals surface area contributed by atoms with Crippen molar-refractivity contribution in [3.8, 4) is 5.95 Å². The zero-order valence-corrected chi connectivity index (χ0v) is 25.0. The predicted molar refractivity (Wildman–Crippen MR) is 158 cm³/mol. The molecule has 0 spiro atoms. The number of aromatic nitrogens is 6. The molecule has 0 N–H and O–H groups in total. The van der Waals surface area contributed by atoms with Crippen molar-refractivity contribution in [1.82, 2.24) is 34.0 Å². The Hall–Kier alpha value is -3.90. The van der Waals surface area contributed by atoms with Gasteiger partial charge in [0.05, 0.1) is 31.4 Å². The molecule has 2 aliphatic heterocycles. The second-order valence-electron chi connectivity index (χ2n) is 11.5. The summed E-state index contributed by atoms with van der Waals surface area (Å²) in [6, 6.07) is 7.97. The molecular weight excluding hydrogens is 536 g/mol. The molecule has 3 aromatic heterocycles. The SMILES string of the molecule is CCc1nc2ccccc2n1-c1nc(N2CCOCC2)c2nc(C(=O)C3CCN(C(C)(C)C(=O)OC)CC3)n(C)c2n1. The molecule has 0 saturated carbocycles. The average Bonchev–Trinajstić information content (AvgIpc) is 3.57. The van der Waals surface area contributed by atoms with Gasteiger partial charge >= 0.3 is 5.97 Å². The van der Waals surface area contributed by atoms with Gasteiger partial charge in [0.1, 0.15) is 11.4 Å². The number of para-hydroxylation sites is 2. The van der Waals surface area contributed by atoms with Crippen LogP contribution in [0.5, 0.6) is 0 Å². The number of benzene rings is 1. The lowest BCUT2D eigenvalue weighted by Crippen LogP contribution is -2.54. The molecule has 222 valence electrons. The quantitative estimate of drug-likeness (QED) is 0.241. The van der Waals surface area contributed by atoms with E-state index in [1.54, 1.807) is 0 Å². The summed E-state index contributed by atoms with van der Waals surface area (Å²) in [6.45, 7) is 9.57. The lowest BCUT2D eigenvalue weighted by atomic mass is 9.89. The third-order valence-corrected chi connectivity index (χ3v) is 8.71. The van der Waals surface area contributed by atoms with Crippen LogP contribution in [0.3, 0.4) is 0 Å². The minimum atomic E-state index is -0.742. The number of nitrogens with zero attached hydrogens (tertiary/aromatic N) is 8. The minimum Gasteiger partial charge on any atom is -0.468 e. The zero-order chi connectivity index (χ0) is 29.6. The van der Waals surface area contributed by atoms with Gasteiger partial charge in [-0.25, -0.2) is 9.97 Å². The lowest BCUT2D eigenvalue weighted by Gasteiger charge is -2.40. The molecule has 0 radical (unpaired) electrons. The van der Waals surface area contributed by atoms with E-state index in [4.69, 9.17) is 29.4 Å². The van der Waals surface area contributed by atoms with Crippen molar-refractivity contribution in [2.45, 2.75) is 45.6 Å². The first-order valence-corrected chi connectivity index (χ1v) is 14.7. The highest BCUT2D eigenvalue weighted by Gasteiger charge is 2.40. The summed E-state index contributed by atoms with van der Waals surface area (Å²) in [5.74, 6) is 1.96. The fourth-order valence-corrected chi connectivity index (χ4v) is 6.15. The Kier molecular flexibility index (Phi) is 7.44. The van der Waals surface area contributed by atoms with Crippen molar-refractivity contribution >= 4 is 39.8 Å². The van der Waals surface area contributed by atoms with Gasteiger partial charge in [0.15, 0.2) is 22.8 Å². The smallest absolute Gasteiger partial charge is 0.325 e. The largest absolute Gasteiger partial charge is 0.468 e. The first-order chi connectivity index (χ1) is 20.2.